The van der Waals surface area contributed by atoms with E-state index in [0.717, 1.165) is 21.4 Å². The number of ether oxygens (including phenoxy) is 2. The molecule has 32 heavy (non-hydrogen) atoms. The number of aryl methyl sites for hydroxylation is 1. The molecule has 0 amide bonds. The Balaban J connectivity index is 1.98. The van der Waals surface area contributed by atoms with E-state index < -0.39 is 11.4 Å². The number of halogens is 1. The van der Waals surface area contributed by atoms with Crippen molar-refractivity contribution in [2.75, 3.05) is 25.6 Å². The highest BCUT2D eigenvalue weighted by molar-refractivity contribution is 6.30. The van der Waals surface area contributed by atoms with Gasteiger partial charge in [-0.25, -0.2) is 14.2 Å². The molecule has 0 spiro atoms. The number of hydrogen-bond acceptors (Lipinski definition) is 6. The van der Waals surface area contributed by atoms with Gasteiger partial charge in [0.25, 0.3) is 0 Å². The molecule has 1 aromatic heterocycles. The fourth-order valence-corrected chi connectivity index (χ4v) is 3.34. The van der Waals surface area contributed by atoms with Gasteiger partial charge in [0.1, 0.15) is 12.4 Å². The van der Waals surface area contributed by atoms with Crippen molar-refractivity contribution < 1.29 is 9.47 Å². The molecule has 0 saturated carbocycles. The van der Waals surface area contributed by atoms with Crippen molar-refractivity contribution in [2.24, 2.45) is 0 Å². The van der Waals surface area contributed by atoms with Crippen LogP contribution in [0.15, 0.2) is 52.1 Å². The van der Waals surface area contributed by atoms with E-state index in [4.69, 9.17) is 21.1 Å². The van der Waals surface area contributed by atoms with Gasteiger partial charge in [-0.1, -0.05) is 23.7 Å². The fourth-order valence-electron chi connectivity index (χ4n) is 3.21. The summed E-state index contributed by atoms with van der Waals surface area (Å²) in [7, 11) is 1.62. The van der Waals surface area contributed by atoms with Crippen LogP contribution in [0.4, 0.5) is 11.6 Å². The van der Waals surface area contributed by atoms with Gasteiger partial charge in [0.2, 0.25) is 5.95 Å². The molecular weight excluding hydrogens is 432 g/mol. The van der Waals surface area contributed by atoms with Gasteiger partial charge in [-0.2, -0.15) is 4.98 Å². The Hall–Kier alpha value is -3.10. The van der Waals surface area contributed by atoms with Crippen LogP contribution in [0.2, 0.25) is 5.02 Å². The molecule has 0 aliphatic rings. The zero-order chi connectivity index (χ0) is 23.3. The van der Waals surface area contributed by atoms with Gasteiger partial charge < -0.3 is 14.8 Å². The summed E-state index contributed by atoms with van der Waals surface area (Å²) in [5, 5.41) is 3.72. The lowest BCUT2D eigenvalue weighted by molar-refractivity contribution is 0.146. The molecule has 3 aromatic rings. The van der Waals surface area contributed by atoms with Crippen LogP contribution in [-0.2, 0) is 11.3 Å². The Morgan fingerprint density at radius 3 is 2.44 bits per heavy atom. The lowest BCUT2D eigenvalue weighted by atomic mass is 10.2. The van der Waals surface area contributed by atoms with E-state index in [0.29, 0.717) is 23.9 Å². The van der Waals surface area contributed by atoms with Crippen molar-refractivity contribution in [1.29, 1.82) is 0 Å². The summed E-state index contributed by atoms with van der Waals surface area (Å²) < 4.78 is 13.3. The van der Waals surface area contributed by atoms with E-state index in [2.05, 4.69) is 10.3 Å². The molecular formula is C23H27ClN4O4. The number of anilines is 2. The number of nitrogens with zero attached hydrogens (tertiary/aromatic N) is 3. The van der Waals surface area contributed by atoms with Crippen LogP contribution in [0.5, 0.6) is 5.75 Å². The molecule has 0 saturated heterocycles. The van der Waals surface area contributed by atoms with Crippen molar-refractivity contribution in [1.82, 2.24) is 14.1 Å². The van der Waals surface area contributed by atoms with Crippen molar-refractivity contribution in [3.8, 4) is 5.75 Å². The van der Waals surface area contributed by atoms with Crippen LogP contribution in [0, 0.1) is 6.92 Å². The lowest BCUT2D eigenvalue weighted by Gasteiger charge is -2.18. The van der Waals surface area contributed by atoms with Gasteiger partial charge >= 0.3 is 11.4 Å². The molecule has 170 valence electrons. The third-order valence-corrected chi connectivity index (χ3v) is 5.10. The van der Waals surface area contributed by atoms with Crippen LogP contribution in [-0.4, -0.2) is 34.4 Å². The van der Waals surface area contributed by atoms with Gasteiger partial charge in [0.05, 0.1) is 13.2 Å². The van der Waals surface area contributed by atoms with Crippen LogP contribution in [0.25, 0.3) is 0 Å². The minimum atomic E-state index is -0.601. The maximum absolute atomic E-state index is 13.2. The topological polar surface area (TPSA) is 87.4 Å². The highest BCUT2D eigenvalue weighted by atomic mass is 35.5. The summed E-state index contributed by atoms with van der Waals surface area (Å²) in [6.07, 6.45) is 0. The molecule has 0 bridgehead atoms. The lowest BCUT2D eigenvalue weighted by Crippen LogP contribution is -2.43. The number of benzene rings is 2. The molecule has 0 aliphatic heterocycles. The summed E-state index contributed by atoms with van der Waals surface area (Å²) in [6.45, 7) is 6.63. The van der Waals surface area contributed by atoms with Gasteiger partial charge in [0, 0.05) is 23.9 Å². The molecule has 0 atom stereocenters. The predicted octanol–water partition coefficient (Wildman–Crippen LogP) is 3.76. The molecule has 8 nitrogen and oxygen atoms in total. The molecule has 1 N–H and O–H groups in total. The minimum Gasteiger partial charge on any atom is -0.491 e. The van der Waals surface area contributed by atoms with Crippen LogP contribution >= 0.6 is 11.6 Å². The van der Waals surface area contributed by atoms with Gasteiger partial charge in [-0.3, -0.25) is 4.57 Å². The summed E-state index contributed by atoms with van der Waals surface area (Å²) in [4.78, 5) is 29.9. The van der Waals surface area contributed by atoms with Crippen molar-refractivity contribution >= 4 is 23.2 Å². The first-order valence-corrected chi connectivity index (χ1v) is 10.6. The van der Waals surface area contributed by atoms with E-state index in [9.17, 15) is 9.59 Å². The number of hydrogen-bond donors (Lipinski definition) is 1. The highest BCUT2D eigenvalue weighted by Gasteiger charge is 2.16. The second-order valence-electron chi connectivity index (χ2n) is 7.62. The quantitative estimate of drug-likeness (QED) is 0.491. The Kier molecular flexibility index (Phi) is 7.71. The average molecular weight is 459 g/mol. The molecule has 1 heterocycles. The Labute approximate surface area is 191 Å². The molecule has 2 aromatic carbocycles. The van der Waals surface area contributed by atoms with Crippen molar-refractivity contribution in [3.63, 3.8) is 0 Å². The Bertz CT molecular complexity index is 1190. The average Bonchev–Trinajstić information content (AvgIpc) is 2.73. The summed E-state index contributed by atoms with van der Waals surface area (Å²) in [5.74, 6) is 0.897. The van der Waals surface area contributed by atoms with Crippen molar-refractivity contribution in [3.05, 3.63) is 79.6 Å². The van der Waals surface area contributed by atoms with Gasteiger partial charge in [-0.05, 0) is 62.2 Å². The van der Waals surface area contributed by atoms with E-state index in [1.165, 1.54) is 4.57 Å². The zero-order valence-electron chi connectivity index (χ0n) is 18.6. The maximum atomic E-state index is 13.2. The summed E-state index contributed by atoms with van der Waals surface area (Å²) in [6, 6.07) is 12.4. The second-order valence-corrected chi connectivity index (χ2v) is 8.06. The molecule has 0 aliphatic carbocycles. The SMILES string of the molecule is COCCOc1ccc(Nc2nc(=O)n(C(C)C)c(=O)n2Cc2ccc(Cl)cc2)cc1C. The predicted molar refractivity (Wildman–Crippen MR) is 126 cm³/mol. The first-order chi connectivity index (χ1) is 15.3. The third kappa shape index (κ3) is 5.57. The summed E-state index contributed by atoms with van der Waals surface area (Å²) >= 11 is 5.98. The van der Waals surface area contributed by atoms with Gasteiger partial charge in [0.15, 0.2) is 0 Å². The maximum Gasteiger partial charge on any atom is 0.355 e. The first-order valence-electron chi connectivity index (χ1n) is 10.3. The summed E-state index contributed by atoms with van der Waals surface area (Å²) in [5.41, 5.74) is 1.39. The molecule has 0 radical (unpaired) electrons. The largest absolute Gasteiger partial charge is 0.491 e. The van der Waals surface area contributed by atoms with Crippen LogP contribution in [0.3, 0.4) is 0 Å². The van der Waals surface area contributed by atoms with E-state index in [-0.39, 0.29) is 18.5 Å². The molecule has 0 fully saturated rings. The standard InChI is InChI=1S/C23H27ClN4O4/c1-15(2)28-22(29)26-21(27(23(28)30)14-17-5-7-18(24)8-6-17)25-19-9-10-20(16(3)13-19)32-12-11-31-4/h5-10,13,15H,11-12,14H2,1-4H3,(H,25,26,29). The number of nitrogens with one attached hydrogen (secondary N) is 1. The van der Waals surface area contributed by atoms with Gasteiger partial charge in [-0.15, -0.1) is 0 Å². The zero-order valence-corrected chi connectivity index (χ0v) is 19.3. The van der Waals surface area contributed by atoms with Crippen molar-refractivity contribution in [2.45, 2.75) is 33.4 Å². The Morgan fingerprint density at radius 1 is 1.09 bits per heavy atom. The second kappa shape index (κ2) is 10.5. The normalized spacial score (nSPS) is 11.1. The number of aromatic nitrogens is 3. The number of rotatable bonds is 9. The fraction of sp³-hybridized carbons (Fsp3) is 0.348. The van der Waals surface area contributed by atoms with Crippen LogP contribution in [0.1, 0.15) is 31.0 Å². The monoisotopic (exact) mass is 458 g/mol. The third-order valence-electron chi connectivity index (χ3n) is 4.85. The molecule has 0 unspecified atom stereocenters. The first kappa shape index (κ1) is 23.6. The molecule has 3 rings (SSSR count). The molecule has 9 heteroatoms. The minimum absolute atomic E-state index is 0.166. The van der Waals surface area contributed by atoms with E-state index in [1.807, 2.05) is 37.3 Å². The van der Waals surface area contributed by atoms with Crippen LogP contribution < -0.4 is 21.4 Å². The Morgan fingerprint density at radius 2 is 1.81 bits per heavy atom. The number of methoxy groups -OCH3 is 1. The smallest absolute Gasteiger partial charge is 0.355 e. The van der Waals surface area contributed by atoms with E-state index >= 15 is 0 Å². The van der Waals surface area contributed by atoms with E-state index in [1.54, 1.807) is 33.1 Å². The highest BCUT2D eigenvalue weighted by Crippen LogP contribution is 2.24.